The number of hydrogen-bond donors (Lipinski definition) is 1. The smallest absolute Gasteiger partial charge is 0.330 e. The van der Waals surface area contributed by atoms with Crippen molar-refractivity contribution in [1.82, 2.24) is 0 Å². The van der Waals surface area contributed by atoms with E-state index in [2.05, 4.69) is 14.1 Å². The molecule has 1 N–H and O–H groups in total. The van der Waals surface area contributed by atoms with Crippen LogP contribution in [-0.4, -0.2) is 55.3 Å². The van der Waals surface area contributed by atoms with Crippen LogP contribution in [0.4, 0.5) is 0 Å². The van der Waals surface area contributed by atoms with Gasteiger partial charge in [-0.25, -0.2) is 4.79 Å². The number of rotatable bonds is 12. The summed E-state index contributed by atoms with van der Waals surface area (Å²) in [6, 6.07) is 0. The predicted molar refractivity (Wildman–Crippen MR) is 83.0 cm³/mol. The minimum absolute atomic E-state index is 0.274. The van der Waals surface area contributed by atoms with Crippen molar-refractivity contribution >= 4 is 11.9 Å². The van der Waals surface area contributed by atoms with E-state index in [0.29, 0.717) is 6.61 Å². The first-order valence-electron chi connectivity index (χ1n) is 7.70. The van der Waals surface area contributed by atoms with Gasteiger partial charge in [-0.3, -0.25) is 4.79 Å². The molecule has 0 saturated carbocycles. The molecule has 0 rings (SSSR count). The Hall–Kier alpha value is -1.36. The molecule has 21 heavy (non-hydrogen) atoms. The van der Waals surface area contributed by atoms with Crippen molar-refractivity contribution in [3.63, 3.8) is 0 Å². The van der Waals surface area contributed by atoms with E-state index in [1.807, 2.05) is 0 Å². The van der Waals surface area contributed by atoms with E-state index in [0.717, 1.165) is 49.7 Å². The number of ether oxygens (including phenoxy) is 1. The highest BCUT2D eigenvalue weighted by molar-refractivity contribution is 5.81. The summed E-state index contributed by atoms with van der Waals surface area (Å²) in [4.78, 5) is 21.5. The van der Waals surface area contributed by atoms with Gasteiger partial charge < -0.3 is 14.3 Å². The first-order chi connectivity index (χ1) is 9.87. The second kappa shape index (κ2) is 11.3. The third-order valence-electron chi connectivity index (χ3n) is 3.36. The van der Waals surface area contributed by atoms with Crippen LogP contribution < -0.4 is 0 Å². The lowest BCUT2D eigenvalue weighted by Crippen LogP contribution is -2.41. The summed E-state index contributed by atoms with van der Waals surface area (Å²) in [5.74, 6) is -0.986. The second-order valence-electron chi connectivity index (χ2n) is 5.96. The number of carboxylic acid groups (broad SMARTS) is 1. The van der Waals surface area contributed by atoms with E-state index < -0.39 is 5.97 Å². The van der Waals surface area contributed by atoms with Crippen LogP contribution in [0.15, 0.2) is 12.2 Å². The number of unbranched alkanes of at least 4 members (excludes halogenated alkanes) is 3. The Morgan fingerprint density at radius 1 is 1.05 bits per heavy atom. The third-order valence-corrected chi connectivity index (χ3v) is 3.36. The Labute approximate surface area is 128 Å². The number of hydrogen-bond acceptors (Lipinski definition) is 3. The van der Waals surface area contributed by atoms with E-state index in [-0.39, 0.29) is 12.4 Å². The molecule has 5 heteroatoms. The first kappa shape index (κ1) is 19.6. The lowest BCUT2D eigenvalue weighted by atomic mass is 10.1. The summed E-state index contributed by atoms with van der Waals surface area (Å²) in [6.45, 7) is 4.29. The molecule has 0 amide bonds. The average molecular weight is 300 g/mol. The van der Waals surface area contributed by atoms with Gasteiger partial charge in [-0.2, -0.15) is 0 Å². The third kappa shape index (κ3) is 13.4. The Bertz CT molecular complexity index is 337. The van der Waals surface area contributed by atoms with Gasteiger partial charge in [0.1, 0.15) is 0 Å². The number of quaternary nitrogens is 1. The molecule has 0 fully saturated rings. The maximum Gasteiger partial charge on any atom is 0.330 e. The number of allylic oxidation sites excluding steroid dienone is 1. The zero-order valence-corrected chi connectivity index (χ0v) is 13.6. The number of carbonyl (C=O) groups excluding carboxylic acids is 1. The van der Waals surface area contributed by atoms with Gasteiger partial charge in [0, 0.05) is 18.9 Å². The maximum atomic E-state index is 11.1. The fourth-order valence-electron chi connectivity index (χ4n) is 2.13. The molecule has 0 heterocycles. The summed E-state index contributed by atoms with van der Waals surface area (Å²) in [6.07, 6.45) is 8.15. The van der Waals surface area contributed by atoms with Gasteiger partial charge in [-0.05, 0) is 26.2 Å². The molecule has 0 unspecified atom stereocenters. The van der Waals surface area contributed by atoms with Gasteiger partial charge in [0.25, 0.3) is 0 Å². The standard InChI is InChI=1S/C16H29NO4/c1-4-10-16(20)21-14-9-13-17(2,3)12-8-6-5-7-11-15(18)19/h4,10H,5-9,11-14H2,1-3H3/p+1. The van der Waals surface area contributed by atoms with Crippen LogP contribution in [0.5, 0.6) is 0 Å². The Kier molecular flexibility index (Phi) is 10.6. The molecule has 0 aromatic rings. The van der Waals surface area contributed by atoms with Crippen LogP contribution >= 0.6 is 0 Å². The van der Waals surface area contributed by atoms with E-state index >= 15 is 0 Å². The van der Waals surface area contributed by atoms with E-state index in [1.165, 1.54) is 6.08 Å². The van der Waals surface area contributed by atoms with Gasteiger partial charge in [-0.1, -0.05) is 12.5 Å². The quantitative estimate of drug-likeness (QED) is 0.260. The average Bonchev–Trinajstić information content (AvgIpc) is 2.39. The van der Waals surface area contributed by atoms with Crippen molar-refractivity contribution in [3.05, 3.63) is 12.2 Å². The van der Waals surface area contributed by atoms with Crippen LogP contribution in [0.2, 0.25) is 0 Å². The van der Waals surface area contributed by atoms with Crippen molar-refractivity contribution in [2.45, 2.75) is 45.4 Å². The molecular formula is C16H30NO4+. The summed E-state index contributed by atoms with van der Waals surface area (Å²) in [7, 11) is 4.34. The van der Waals surface area contributed by atoms with Crippen molar-refractivity contribution < 1.29 is 23.9 Å². The molecule has 0 aliphatic rings. The van der Waals surface area contributed by atoms with Gasteiger partial charge in [0.15, 0.2) is 0 Å². The predicted octanol–water partition coefficient (Wildman–Crippen LogP) is 2.61. The van der Waals surface area contributed by atoms with Crippen LogP contribution in [0.25, 0.3) is 0 Å². The highest BCUT2D eigenvalue weighted by atomic mass is 16.5. The van der Waals surface area contributed by atoms with Crippen LogP contribution in [0, 0.1) is 0 Å². The summed E-state index contributed by atoms with van der Waals surface area (Å²) < 4.78 is 5.97. The topological polar surface area (TPSA) is 63.6 Å². The molecule has 0 aliphatic carbocycles. The molecule has 0 aromatic heterocycles. The molecule has 0 bridgehead atoms. The van der Waals surface area contributed by atoms with E-state index in [4.69, 9.17) is 9.84 Å². The molecule has 122 valence electrons. The minimum Gasteiger partial charge on any atom is -0.481 e. The SMILES string of the molecule is CC=CC(=O)OCCC[N+](C)(C)CCCCCCC(=O)O. The molecule has 0 radical (unpaired) electrons. The number of aliphatic carboxylic acids is 1. The maximum absolute atomic E-state index is 11.1. The van der Waals surface area contributed by atoms with Crippen LogP contribution in [0.3, 0.4) is 0 Å². The number of nitrogens with zero attached hydrogens (tertiary/aromatic N) is 1. The molecule has 5 nitrogen and oxygen atoms in total. The second-order valence-corrected chi connectivity index (χ2v) is 5.96. The fourth-order valence-corrected chi connectivity index (χ4v) is 2.13. The highest BCUT2D eigenvalue weighted by Gasteiger charge is 2.14. The van der Waals surface area contributed by atoms with Gasteiger partial charge in [-0.15, -0.1) is 0 Å². The van der Waals surface area contributed by atoms with Crippen molar-refractivity contribution in [2.24, 2.45) is 0 Å². The molecule has 0 atom stereocenters. The summed E-state index contributed by atoms with van der Waals surface area (Å²) >= 11 is 0. The monoisotopic (exact) mass is 300 g/mol. The fraction of sp³-hybridized carbons (Fsp3) is 0.750. The van der Waals surface area contributed by atoms with Crippen LogP contribution in [0.1, 0.15) is 45.4 Å². The van der Waals surface area contributed by atoms with E-state index in [9.17, 15) is 9.59 Å². The zero-order valence-electron chi connectivity index (χ0n) is 13.6. The Morgan fingerprint density at radius 3 is 2.29 bits per heavy atom. The normalized spacial score (nSPS) is 11.8. The lowest BCUT2D eigenvalue weighted by Gasteiger charge is -2.29. The van der Waals surface area contributed by atoms with Gasteiger partial charge >= 0.3 is 11.9 Å². The first-order valence-corrected chi connectivity index (χ1v) is 7.70. The van der Waals surface area contributed by atoms with E-state index in [1.54, 1.807) is 13.0 Å². The molecule has 0 spiro atoms. The van der Waals surface area contributed by atoms with Crippen LogP contribution in [-0.2, 0) is 14.3 Å². The summed E-state index contributed by atoms with van der Waals surface area (Å²) in [5, 5.41) is 8.55. The molecule has 0 saturated heterocycles. The highest BCUT2D eigenvalue weighted by Crippen LogP contribution is 2.08. The Balaban J connectivity index is 3.60. The van der Waals surface area contributed by atoms with Crippen molar-refractivity contribution in [3.8, 4) is 0 Å². The largest absolute Gasteiger partial charge is 0.481 e. The number of carbonyl (C=O) groups is 2. The van der Waals surface area contributed by atoms with Gasteiger partial charge in [0.2, 0.25) is 0 Å². The molecular weight excluding hydrogens is 270 g/mol. The minimum atomic E-state index is -0.710. The van der Waals surface area contributed by atoms with Gasteiger partial charge in [0.05, 0.1) is 33.8 Å². The molecule has 0 aliphatic heterocycles. The number of carboxylic acids is 1. The van der Waals surface area contributed by atoms with Crippen molar-refractivity contribution in [2.75, 3.05) is 33.8 Å². The Morgan fingerprint density at radius 2 is 1.67 bits per heavy atom. The summed E-state index contributed by atoms with van der Waals surface area (Å²) in [5.41, 5.74) is 0. The lowest BCUT2D eigenvalue weighted by molar-refractivity contribution is -0.890. The number of esters is 1. The van der Waals surface area contributed by atoms with Crippen molar-refractivity contribution in [1.29, 1.82) is 0 Å². The zero-order chi connectivity index (χ0) is 16.1. The molecule has 0 aromatic carbocycles.